The third-order valence-electron chi connectivity index (χ3n) is 11.7. The predicted octanol–water partition coefficient (Wildman–Crippen LogP) is 6.20. The summed E-state index contributed by atoms with van der Waals surface area (Å²) < 4.78 is 34.9. The van der Waals surface area contributed by atoms with Crippen LogP contribution in [0.25, 0.3) is 0 Å². The highest BCUT2D eigenvalue weighted by molar-refractivity contribution is 5.99. The van der Waals surface area contributed by atoms with E-state index < -0.39 is 90.9 Å². The summed E-state index contributed by atoms with van der Waals surface area (Å²) >= 11 is 0. The second-order valence-electron chi connectivity index (χ2n) is 16.6. The van der Waals surface area contributed by atoms with E-state index >= 15 is 0 Å². The monoisotopic (exact) mass is 870 g/mol. The van der Waals surface area contributed by atoms with Crippen LogP contribution in [0.3, 0.4) is 0 Å². The standard InChI is InChI=1S/C49H58O14/c1-7-31(2)27-32(3)23-24-39(51)61-42-41(52)47(26-25-33(4)40(60-35(6)50)34(5)28-36-17-11-8-12-18-36)62-43(44(53)58-29-37-19-13-9-14-20-37)48(57,49(42,63-47)45(54)55)46(56)59-30-38-21-15-10-16-22-38/h8-24,31-32,34,40-43,52,57H,4,7,25-30H2,1-3,5-6H3,(H,54,55)/b24-23+/t31-,32+,34+,40?,41+,42+,43+,47+,48+,49+/m0/s1. The maximum Gasteiger partial charge on any atom is 0.345 e. The first-order chi connectivity index (χ1) is 30.0. The van der Waals surface area contributed by atoms with Crippen LogP contribution in [0, 0.1) is 17.8 Å². The van der Waals surface area contributed by atoms with Crippen LogP contribution in [0.4, 0.5) is 0 Å². The van der Waals surface area contributed by atoms with Crippen molar-refractivity contribution < 1.29 is 67.7 Å². The molecular weight excluding hydrogens is 813 g/mol. The number of carboxylic acid groups (broad SMARTS) is 1. The Hall–Kier alpha value is -5.67. The minimum Gasteiger partial charge on any atom is -0.479 e. The lowest BCUT2D eigenvalue weighted by atomic mass is 9.74. The van der Waals surface area contributed by atoms with Gasteiger partial charge in [0.1, 0.15) is 25.4 Å². The molecule has 0 radical (unpaired) electrons. The molecule has 3 aromatic rings. The molecule has 2 aliphatic heterocycles. The molecule has 2 bridgehead atoms. The summed E-state index contributed by atoms with van der Waals surface area (Å²) in [7, 11) is 0. The first kappa shape index (κ1) is 48.4. The topological polar surface area (TPSA) is 201 Å². The summed E-state index contributed by atoms with van der Waals surface area (Å²) in [5, 5.41) is 36.3. The fraction of sp³-hybridized carbons (Fsp3) is 0.449. The molecule has 2 heterocycles. The van der Waals surface area contributed by atoms with Crippen molar-refractivity contribution in [2.45, 2.75) is 121 Å². The van der Waals surface area contributed by atoms with Crippen molar-refractivity contribution in [1.82, 2.24) is 0 Å². The highest BCUT2D eigenvalue weighted by atomic mass is 16.8. The number of carbonyl (C=O) groups is 5. The first-order valence-corrected chi connectivity index (χ1v) is 21.2. The summed E-state index contributed by atoms with van der Waals surface area (Å²) in [6.45, 7) is 12.3. The van der Waals surface area contributed by atoms with Gasteiger partial charge in [0.15, 0.2) is 6.10 Å². The van der Waals surface area contributed by atoms with E-state index in [0.29, 0.717) is 35.5 Å². The van der Waals surface area contributed by atoms with Gasteiger partial charge in [-0.15, -0.1) is 0 Å². The molecule has 63 heavy (non-hydrogen) atoms. The van der Waals surface area contributed by atoms with Crippen LogP contribution in [0.15, 0.2) is 115 Å². The smallest absolute Gasteiger partial charge is 0.345 e. The second-order valence-corrected chi connectivity index (χ2v) is 16.6. The lowest BCUT2D eigenvalue weighted by Crippen LogP contribution is -2.78. The highest BCUT2D eigenvalue weighted by Crippen LogP contribution is 2.56. The van der Waals surface area contributed by atoms with Gasteiger partial charge in [-0.3, -0.25) is 4.79 Å². The Morgan fingerprint density at radius 2 is 1.41 bits per heavy atom. The third kappa shape index (κ3) is 10.9. The average Bonchev–Trinajstić information content (AvgIpc) is 3.49. The molecule has 0 spiro atoms. The Bertz CT molecular complexity index is 2090. The Morgan fingerprint density at radius 1 is 0.857 bits per heavy atom. The SMILES string of the molecule is C=C(CC[C@@]12O[C@H](C(=O)OCc3ccccc3)[C@@](O)(C(=O)OCc3ccccc3)[C@@](C(=O)O)(O1)[C@H](OC(=O)/C=C/[C@@H](C)C[C@@H](C)CC)[C@H]2O)C(OC(C)=O)[C@H](C)Cc1ccccc1. The number of hydrogen-bond acceptors (Lipinski definition) is 13. The van der Waals surface area contributed by atoms with Gasteiger partial charge >= 0.3 is 29.8 Å². The second kappa shape index (κ2) is 21.1. The van der Waals surface area contributed by atoms with Crippen LogP contribution in [-0.2, 0) is 72.0 Å². The van der Waals surface area contributed by atoms with Crippen LogP contribution < -0.4 is 0 Å². The molecule has 2 fully saturated rings. The van der Waals surface area contributed by atoms with Crippen molar-refractivity contribution in [3.8, 4) is 0 Å². The van der Waals surface area contributed by atoms with E-state index in [0.717, 1.165) is 18.1 Å². The quantitative estimate of drug-likeness (QED) is 0.0473. The normalized spacial score (nSPS) is 25.9. The van der Waals surface area contributed by atoms with Gasteiger partial charge in [0.2, 0.25) is 23.1 Å². The Kier molecular flexibility index (Phi) is 16.2. The number of ether oxygens (including phenoxy) is 6. The zero-order chi connectivity index (χ0) is 46.0. The maximum atomic E-state index is 14.4. The van der Waals surface area contributed by atoms with Crippen molar-refractivity contribution >= 4 is 29.8 Å². The van der Waals surface area contributed by atoms with E-state index in [4.69, 9.17) is 28.4 Å². The van der Waals surface area contributed by atoms with E-state index in [2.05, 4.69) is 13.5 Å². The number of aliphatic carboxylic acids is 1. The van der Waals surface area contributed by atoms with Gasteiger partial charge in [-0.25, -0.2) is 19.2 Å². The molecule has 3 N–H and O–H groups in total. The van der Waals surface area contributed by atoms with Gasteiger partial charge in [-0.1, -0.05) is 138 Å². The van der Waals surface area contributed by atoms with Crippen molar-refractivity contribution in [3.05, 3.63) is 132 Å². The lowest BCUT2D eigenvalue weighted by molar-refractivity contribution is -0.375. The van der Waals surface area contributed by atoms with Crippen LogP contribution in [0.5, 0.6) is 0 Å². The summed E-state index contributed by atoms with van der Waals surface area (Å²) in [5.41, 5.74) is -4.93. The van der Waals surface area contributed by atoms with Crippen LogP contribution in [0.2, 0.25) is 0 Å². The molecule has 14 nitrogen and oxygen atoms in total. The van der Waals surface area contributed by atoms with Crippen molar-refractivity contribution in [2.24, 2.45) is 17.8 Å². The number of carbonyl (C=O) groups excluding carboxylic acids is 4. The minimum absolute atomic E-state index is 0.117. The van der Waals surface area contributed by atoms with E-state index in [1.54, 1.807) is 66.7 Å². The molecule has 3 aromatic carbocycles. The third-order valence-corrected chi connectivity index (χ3v) is 11.7. The average molecular weight is 871 g/mol. The predicted molar refractivity (Wildman–Crippen MR) is 228 cm³/mol. The van der Waals surface area contributed by atoms with Crippen LogP contribution in [-0.4, -0.2) is 86.6 Å². The summed E-state index contributed by atoms with van der Waals surface area (Å²) in [6.07, 6.45) is -4.13. The Balaban J connectivity index is 1.58. The molecule has 1 unspecified atom stereocenters. The van der Waals surface area contributed by atoms with E-state index in [1.165, 1.54) is 6.92 Å². The van der Waals surface area contributed by atoms with E-state index in [9.17, 15) is 39.3 Å². The van der Waals surface area contributed by atoms with Crippen molar-refractivity contribution in [3.63, 3.8) is 0 Å². The van der Waals surface area contributed by atoms with Crippen molar-refractivity contribution in [2.75, 3.05) is 0 Å². The summed E-state index contributed by atoms with van der Waals surface area (Å²) in [5.74, 6) is -9.67. The molecule has 2 aliphatic rings. The largest absolute Gasteiger partial charge is 0.479 e. The van der Waals surface area contributed by atoms with Gasteiger partial charge in [0.25, 0.3) is 0 Å². The van der Waals surface area contributed by atoms with E-state index in [-0.39, 0.29) is 18.3 Å². The van der Waals surface area contributed by atoms with Gasteiger partial charge in [0.05, 0.1) is 0 Å². The maximum absolute atomic E-state index is 14.4. The fourth-order valence-corrected chi connectivity index (χ4v) is 8.20. The van der Waals surface area contributed by atoms with E-state index in [1.807, 2.05) is 51.1 Å². The van der Waals surface area contributed by atoms with Crippen LogP contribution >= 0.6 is 0 Å². The highest BCUT2D eigenvalue weighted by Gasteiger charge is 2.86. The molecule has 10 atom stereocenters. The van der Waals surface area contributed by atoms with Gasteiger partial charge < -0.3 is 43.7 Å². The number of aliphatic hydroxyl groups is 2. The number of allylic oxidation sites excluding steroid dienone is 1. The zero-order valence-electron chi connectivity index (χ0n) is 36.3. The molecule has 14 heteroatoms. The molecule has 5 rings (SSSR count). The Labute approximate surface area is 367 Å². The molecule has 0 aliphatic carbocycles. The molecule has 0 saturated carbocycles. The van der Waals surface area contributed by atoms with Crippen molar-refractivity contribution in [1.29, 1.82) is 0 Å². The first-order valence-electron chi connectivity index (χ1n) is 21.2. The number of benzene rings is 3. The zero-order valence-corrected chi connectivity index (χ0v) is 36.3. The summed E-state index contributed by atoms with van der Waals surface area (Å²) in [4.78, 5) is 68.7. The lowest BCUT2D eigenvalue weighted by Gasteiger charge is -2.49. The number of carboxylic acids is 1. The van der Waals surface area contributed by atoms with Gasteiger partial charge in [-0.05, 0) is 53.4 Å². The van der Waals surface area contributed by atoms with Crippen LogP contribution in [0.1, 0.15) is 77.0 Å². The molecule has 338 valence electrons. The number of fused-ring (bicyclic) bond motifs is 2. The molecule has 0 amide bonds. The number of aliphatic hydroxyl groups excluding tert-OH is 1. The number of esters is 4. The minimum atomic E-state index is -3.66. The number of rotatable bonds is 21. The Morgan fingerprint density at radius 3 is 1.95 bits per heavy atom. The molecule has 2 saturated heterocycles. The molecule has 0 aromatic heterocycles. The number of hydrogen-bond donors (Lipinski definition) is 3. The van der Waals surface area contributed by atoms with Gasteiger partial charge in [0, 0.05) is 25.3 Å². The molecular formula is C49H58O14. The fourth-order valence-electron chi connectivity index (χ4n) is 8.20. The van der Waals surface area contributed by atoms with Gasteiger partial charge in [-0.2, -0.15) is 0 Å². The summed E-state index contributed by atoms with van der Waals surface area (Å²) in [6, 6.07) is 26.1.